The molecule has 1 saturated heterocycles. The van der Waals surface area contributed by atoms with E-state index in [1.807, 2.05) is 25.2 Å². The maximum atomic E-state index is 13.6. The molecule has 0 bridgehead atoms. The van der Waals surface area contributed by atoms with Crippen LogP contribution in [0, 0.1) is 34.0 Å². The summed E-state index contributed by atoms with van der Waals surface area (Å²) in [5.74, 6) is -5.11. The number of alkyl halides is 3. The molecule has 1 aromatic rings. The van der Waals surface area contributed by atoms with Gasteiger partial charge in [-0.2, -0.15) is 18.4 Å². The maximum absolute atomic E-state index is 13.6. The Kier molecular flexibility index (Phi) is 7.37. The molecule has 2 aliphatic heterocycles. The molecule has 4 amide bonds. The first-order valence-electron chi connectivity index (χ1n) is 12.9. The van der Waals surface area contributed by atoms with Crippen molar-refractivity contribution in [3.63, 3.8) is 0 Å². The number of carbonyl (C=O) groups excluding carboxylic acids is 4. The van der Waals surface area contributed by atoms with Gasteiger partial charge in [0.05, 0.1) is 12.0 Å². The van der Waals surface area contributed by atoms with E-state index < -0.39 is 53.4 Å². The van der Waals surface area contributed by atoms with Crippen LogP contribution in [-0.4, -0.2) is 59.4 Å². The number of piperidine rings is 1. The largest absolute Gasteiger partial charge is 0.471 e. The van der Waals surface area contributed by atoms with E-state index in [0.717, 1.165) is 0 Å². The van der Waals surface area contributed by atoms with Gasteiger partial charge in [0.25, 0.3) is 0 Å². The third-order valence-corrected chi connectivity index (χ3v) is 8.55. The van der Waals surface area contributed by atoms with Crippen LogP contribution in [0.3, 0.4) is 0 Å². The number of nitriles is 1. The van der Waals surface area contributed by atoms with Crippen molar-refractivity contribution in [1.29, 1.82) is 5.26 Å². The smallest absolute Gasteiger partial charge is 0.339 e. The molecule has 1 aromatic carbocycles. The molecule has 216 valence electrons. The van der Waals surface area contributed by atoms with Crippen molar-refractivity contribution >= 4 is 40.9 Å². The second kappa shape index (κ2) is 9.94. The molecule has 13 heteroatoms. The SMILES string of the molecule is CC(C)(C)[C@H](NC(=O)C(F)(F)F)C(=O)N1C[C@H]2[C@H]([C@H]1C(=O)N[C@H](C#N)CC1C(=O)Nc3cc(Cl)ccc31)C2(C)C. The van der Waals surface area contributed by atoms with E-state index in [0.29, 0.717) is 16.3 Å². The van der Waals surface area contributed by atoms with Crippen molar-refractivity contribution < 1.29 is 32.3 Å². The maximum Gasteiger partial charge on any atom is 0.471 e. The van der Waals surface area contributed by atoms with Crippen molar-refractivity contribution in [1.82, 2.24) is 15.5 Å². The van der Waals surface area contributed by atoms with E-state index in [4.69, 9.17) is 11.6 Å². The van der Waals surface area contributed by atoms with Gasteiger partial charge in [0.1, 0.15) is 18.1 Å². The van der Waals surface area contributed by atoms with Crippen LogP contribution >= 0.6 is 11.6 Å². The first kappa shape index (κ1) is 29.6. The van der Waals surface area contributed by atoms with Crippen LogP contribution in [0.4, 0.5) is 18.9 Å². The van der Waals surface area contributed by atoms with Crippen molar-refractivity contribution in [2.24, 2.45) is 22.7 Å². The summed E-state index contributed by atoms with van der Waals surface area (Å²) in [6, 6.07) is 3.20. The predicted octanol–water partition coefficient (Wildman–Crippen LogP) is 3.35. The van der Waals surface area contributed by atoms with Crippen LogP contribution in [-0.2, 0) is 19.2 Å². The van der Waals surface area contributed by atoms with Gasteiger partial charge in [-0.25, -0.2) is 0 Å². The minimum Gasteiger partial charge on any atom is -0.339 e. The topological polar surface area (TPSA) is 131 Å². The van der Waals surface area contributed by atoms with Crippen LogP contribution in [0.5, 0.6) is 0 Å². The minimum atomic E-state index is -5.19. The predicted molar refractivity (Wildman–Crippen MR) is 139 cm³/mol. The Labute approximate surface area is 234 Å². The average Bonchev–Trinajstić information content (AvgIpc) is 3.14. The van der Waals surface area contributed by atoms with Gasteiger partial charge in [-0.1, -0.05) is 52.3 Å². The van der Waals surface area contributed by atoms with Gasteiger partial charge in [-0.3, -0.25) is 19.2 Å². The van der Waals surface area contributed by atoms with Gasteiger partial charge in [0, 0.05) is 17.3 Å². The van der Waals surface area contributed by atoms with Crippen molar-refractivity contribution in [2.45, 2.75) is 71.3 Å². The first-order chi connectivity index (χ1) is 18.4. The Morgan fingerprint density at radius 3 is 2.45 bits per heavy atom. The second-order valence-electron chi connectivity index (χ2n) is 12.4. The molecular formula is C27H31ClF3N5O4. The fourth-order valence-electron chi connectivity index (χ4n) is 6.01. The number of rotatable bonds is 6. The molecular weight excluding hydrogens is 551 g/mol. The highest BCUT2D eigenvalue weighted by atomic mass is 35.5. The number of hydrogen-bond acceptors (Lipinski definition) is 5. The summed E-state index contributed by atoms with van der Waals surface area (Å²) < 4.78 is 39.1. The molecule has 3 aliphatic rings. The lowest BCUT2D eigenvalue weighted by Gasteiger charge is -2.37. The number of carbonyl (C=O) groups is 4. The zero-order valence-electron chi connectivity index (χ0n) is 22.6. The number of fused-ring (bicyclic) bond motifs is 2. The molecule has 3 N–H and O–H groups in total. The number of anilines is 1. The molecule has 1 unspecified atom stereocenters. The normalized spacial score (nSPS) is 26.1. The second-order valence-corrected chi connectivity index (χ2v) is 12.8. The van der Waals surface area contributed by atoms with Crippen molar-refractivity contribution in [2.75, 3.05) is 11.9 Å². The van der Waals surface area contributed by atoms with E-state index in [9.17, 15) is 37.6 Å². The molecule has 6 atom stereocenters. The number of nitrogens with one attached hydrogen (secondary N) is 3. The van der Waals surface area contributed by atoms with Gasteiger partial charge in [-0.15, -0.1) is 0 Å². The number of halogens is 4. The van der Waals surface area contributed by atoms with Gasteiger partial charge >= 0.3 is 12.1 Å². The number of likely N-dealkylation sites (tertiary alicyclic amines) is 1. The van der Waals surface area contributed by atoms with Crippen LogP contribution in [0.25, 0.3) is 0 Å². The Morgan fingerprint density at radius 1 is 1.23 bits per heavy atom. The monoisotopic (exact) mass is 581 g/mol. The Hall–Kier alpha value is -3.33. The van der Waals surface area contributed by atoms with E-state index in [1.165, 1.54) is 25.7 Å². The van der Waals surface area contributed by atoms with Gasteiger partial charge in [0.15, 0.2) is 0 Å². The first-order valence-corrected chi connectivity index (χ1v) is 13.2. The lowest BCUT2D eigenvalue weighted by Crippen LogP contribution is -2.61. The number of benzene rings is 1. The van der Waals surface area contributed by atoms with Crippen molar-refractivity contribution in [3.8, 4) is 6.07 Å². The molecule has 0 spiro atoms. The molecule has 4 rings (SSSR count). The van der Waals surface area contributed by atoms with Crippen LogP contribution in [0.1, 0.15) is 52.5 Å². The molecule has 0 radical (unpaired) electrons. The average molecular weight is 582 g/mol. The lowest BCUT2D eigenvalue weighted by molar-refractivity contribution is -0.176. The molecule has 2 fully saturated rings. The van der Waals surface area contributed by atoms with Gasteiger partial charge in [-0.05, 0) is 46.8 Å². The third kappa shape index (κ3) is 5.36. The fourth-order valence-corrected chi connectivity index (χ4v) is 6.19. The molecule has 1 saturated carbocycles. The zero-order valence-corrected chi connectivity index (χ0v) is 23.4. The van der Waals surface area contributed by atoms with E-state index in [2.05, 4.69) is 10.6 Å². The number of hydrogen-bond donors (Lipinski definition) is 3. The van der Waals surface area contributed by atoms with Crippen LogP contribution < -0.4 is 16.0 Å². The van der Waals surface area contributed by atoms with E-state index >= 15 is 0 Å². The van der Waals surface area contributed by atoms with E-state index in [1.54, 1.807) is 18.2 Å². The van der Waals surface area contributed by atoms with Crippen LogP contribution in [0.2, 0.25) is 5.02 Å². The zero-order chi connectivity index (χ0) is 29.9. The van der Waals surface area contributed by atoms with E-state index in [-0.39, 0.29) is 36.1 Å². The fraction of sp³-hybridized carbons (Fsp3) is 0.593. The Balaban J connectivity index is 1.55. The molecule has 2 heterocycles. The number of nitrogens with zero attached hydrogens (tertiary/aromatic N) is 2. The molecule has 40 heavy (non-hydrogen) atoms. The summed E-state index contributed by atoms with van der Waals surface area (Å²) in [6.07, 6.45) is -5.22. The Morgan fingerprint density at radius 2 is 1.88 bits per heavy atom. The molecule has 0 aromatic heterocycles. The van der Waals surface area contributed by atoms with Crippen LogP contribution in [0.15, 0.2) is 18.2 Å². The summed E-state index contributed by atoms with van der Waals surface area (Å²) in [4.78, 5) is 52.8. The Bertz CT molecular complexity index is 1300. The molecule has 9 nitrogen and oxygen atoms in total. The summed E-state index contributed by atoms with van der Waals surface area (Å²) in [5.41, 5.74) is -0.243. The molecule has 1 aliphatic carbocycles. The van der Waals surface area contributed by atoms with Gasteiger partial charge < -0.3 is 20.9 Å². The summed E-state index contributed by atoms with van der Waals surface area (Å²) in [6.45, 7) is 8.55. The quantitative estimate of drug-likeness (QED) is 0.474. The standard InChI is InChI=1S/C27H31ClF3N5O4/c1-25(2,3)20(35-24(40)27(29,30)31)23(39)36-11-16-18(26(16,4)5)19(36)22(38)33-13(10-32)9-15-14-7-6-12(28)8-17(14)34-21(15)37/h6-8,13,15-16,18-20H,9,11H2,1-5H3,(H,33,38)(H,34,37)(H,35,40)/t13-,15?,16-,18+,19-,20+/m0/s1. The highest BCUT2D eigenvalue weighted by Gasteiger charge is 2.70. The minimum absolute atomic E-state index is 0.0346. The summed E-state index contributed by atoms with van der Waals surface area (Å²) >= 11 is 6.00. The summed E-state index contributed by atoms with van der Waals surface area (Å²) in [5, 5.41) is 17.4. The highest BCUT2D eigenvalue weighted by molar-refractivity contribution is 6.31. The summed E-state index contributed by atoms with van der Waals surface area (Å²) in [7, 11) is 0. The van der Waals surface area contributed by atoms with Crippen molar-refractivity contribution in [3.05, 3.63) is 28.8 Å². The third-order valence-electron chi connectivity index (χ3n) is 8.31. The lowest BCUT2D eigenvalue weighted by atomic mass is 9.85. The highest BCUT2D eigenvalue weighted by Crippen LogP contribution is 2.65. The number of amides is 4. The van der Waals surface area contributed by atoms with Gasteiger partial charge in [0.2, 0.25) is 17.7 Å².